The Kier molecular flexibility index (Phi) is 8.54. The molecule has 9 aromatic rings. The van der Waals surface area contributed by atoms with Crippen LogP contribution >= 0.6 is 0 Å². The van der Waals surface area contributed by atoms with Crippen molar-refractivity contribution in [2.24, 2.45) is 0 Å². The Bertz CT molecular complexity index is 2690. The lowest BCUT2D eigenvalue weighted by molar-refractivity contribution is 1.07. The van der Waals surface area contributed by atoms with Gasteiger partial charge < -0.3 is 4.90 Å². The van der Waals surface area contributed by atoms with E-state index in [1.165, 1.54) is 44.5 Å². The minimum absolute atomic E-state index is 0.659. The van der Waals surface area contributed by atoms with Gasteiger partial charge in [0.25, 0.3) is 0 Å². The Morgan fingerprint density at radius 3 is 1.34 bits per heavy atom. The fourth-order valence-electron chi connectivity index (χ4n) is 7.84. The van der Waals surface area contributed by atoms with E-state index in [9.17, 15) is 0 Å². The van der Waals surface area contributed by atoms with Gasteiger partial charge in [0.15, 0.2) is 17.5 Å². The minimum Gasteiger partial charge on any atom is -0.310 e. The summed E-state index contributed by atoms with van der Waals surface area (Å²) in [6, 6.07) is 72.7. The van der Waals surface area contributed by atoms with E-state index in [2.05, 4.69) is 150 Å². The number of para-hydroxylation sites is 1. The Labute approximate surface area is 327 Å². The lowest BCUT2D eigenvalue weighted by Crippen LogP contribution is -2.11. The first-order valence-corrected chi connectivity index (χ1v) is 19.0. The number of aromatic nitrogens is 3. The highest BCUT2D eigenvalue weighted by Crippen LogP contribution is 2.49. The molecule has 0 radical (unpaired) electrons. The van der Waals surface area contributed by atoms with Crippen LogP contribution in [-0.2, 0) is 6.42 Å². The van der Waals surface area contributed by atoms with Gasteiger partial charge >= 0.3 is 0 Å². The van der Waals surface area contributed by atoms with E-state index in [-0.39, 0.29) is 0 Å². The van der Waals surface area contributed by atoms with Crippen LogP contribution in [0.5, 0.6) is 0 Å². The fraction of sp³-hybridized carbons (Fsp3) is 0.0192. The van der Waals surface area contributed by atoms with E-state index in [4.69, 9.17) is 15.0 Å². The molecule has 0 spiro atoms. The van der Waals surface area contributed by atoms with Crippen LogP contribution in [0.1, 0.15) is 11.1 Å². The highest BCUT2D eigenvalue weighted by Gasteiger charge is 2.27. The largest absolute Gasteiger partial charge is 0.310 e. The van der Waals surface area contributed by atoms with Crippen molar-refractivity contribution in [3.8, 4) is 67.5 Å². The van der Waals surface area contributed by atoms with Crippen LogP contribution in [0.4, 0.5) is 17.1 Å². The van der Waals surface area contributed by atoms with Gasteiger partial charge in [0.2, 0.25) is 0 Å². The van der Waals surface area contributed by atoms with Gasteiger partial charge in [-0.15, -0.1) is 0 Å². The quantitative estimate of drug-likeness (QED) is 0.157. The summed E-state index contributed by atoms with van der Waals surface area (Å²) in [5, 5.41) is 0. The second-order valence-corrected chi connectivity index (χ2v) is 14.1. The normalized spacial score (nSPS) is 11.5. The third-order valence-electron chi connectivity index (χ3n) is 10.5. The summed E-state index contributed by atoms with van der Waals surface area (Å²) < 4.78 is 0. The average molecular weight is 717 g/mol. The summed E-state index contributed by atoms with van der Waals surface area (Å²) in [7, 11) is 0. The standard InChI is InChI=1S/C52H36N4/c1-6-17-36(18-7-1)42-33-43(37-19-8-2-9-20-37)35-46(34-42)56(45-26-14-5-15-27-45)48-28-16-25-40-31-44-32-41(29-30-47(44)49(40)48)52-54-50(38-21-10-3-11-22-38)53-51(55-52)39-23-12-4-13-24-39/h1-30,32-35H,31H2. The minimum atomic E-state index is 0.659. The summed E-state index contributed by atoms with van der Waals surface area (Å²) in [5.74, 6) is 1.98. The van der Waals surface area contributed by atoms with Crippen LogP contribution < -0.4 is 4.90 Å². The molecule has 0 N–H and O–H groups in total. The maximum Gasteiger partial charge on any atom is 0.164 e. The van der Waals surface area contributed by atoms with Gasteiger partial charge in [0, 0.05) is 33.6 Å². The predicted molar refractivity (Wildman–Crippen MR) is 230 cm³/mol. The molecule has 4 nitrogen and oxygen atoms in total. The second kappa shape index (κ2) is 14.4. The monoisotopic (exact) mass is 716 g/mol. The van der Waals surface area contributed by atoms with Gasteiger partial charge in [0.05, 0.1) is 5.69 Å². The van der Waals surface area contributed by atoms with Crippen LogP contribution in [0.2, 0.25) is 0 Å². The predicted octanol–water partition coefficient (Wildman–Crippen LogP) is 13.2. The molecule has 10 rings (SSSR count). The van der Waals surface area contributed by atoms with Gasteiger partial charge in [0.1, 0.15) is 0 Å². The number of benzene rings is 8. The molecule has 0 bridgehead atoms. The summed E-state index contributed by atoms with van der Waals surface area (Å²) in [5.41, 5.74) is 15.9. The zero-order chi connectivity index (χ0) is 37.3. The molecule has 1 aromatic heterocycles. The van der Waals surface area contributed by atoms with Gasteiger partial charge in [-0.3, -0.25) is 0 Å². The summed E-state index contributed by atoms with van der Waals surface area (Å²) in [4.78, 5) is 17.4. The fourth-order valence-corrected chi connectivity index (χ4v) is 7.84. The van der Waals surface area contributed by atoms with E-state index in [1.54, 1.807) is 0 Å². The highest BCUT2D eigenvalue weighted by atomic mass is 15.1. The molecule has 1 aliphatic carbocycles. The molecule has 0 unspecified atom stereocenters. The number of nitrogens with zero attached hydrogens (tertiary/aromatic N) is 4. The Balaban J connectivity index is 1.12. The molecule has 0 aliphatic heterocycles. The van der Waals surface area contributed by atoms with Crippen LogP contribution in [0.3, 0.4) is 0 Å². The van der Waals surface area contributed by atoms with Crippen molar-refractivity contribution in [2.45, 2.75) is 6.42 Å². The van der Waals surface area contributed by atoms with Crippen molar-refractivity contribution in [1.29, 1.82) is 0 Å². The van der Waals surface area contributed by atoms with Crippen molar-refractivity contribution < 1.29 is 0 Å². The van der Waals surface area contributed by atoms with Gasteiger partial charge in [-0.1, -0.05) is 164 Å². The van der Waals surface area contributed by atoms with Crippen molar-refractivity contribution in [3.05, 3.63) is 217 Å². The molecule has 0 saturated carbocycles. The molecule has 4 heteroatoms. The Morgan fingerprint density at radius 1 is 0.321 bits per heavy atom. The van der Waals surface area contributed by atoms with E-state index in [0.717, 1.165) is 40.2 Å². The lowest BCUT2D eigenvalue weighted by Gasteiger charge is -2.29. The van der Waals surface area contributed by atoms with E-state index >= 15 is 0 Å². The number of fused-ring (bicyclic) bond motifs is 3. The maximum atomic E-state index is 5.04. The number of rotatable bonds is 8. The molecule has 0 saturated heterocycles. The molecule has 1 heterocycles. The van der Waals surface area contributed by atoms with Crippen molar-refractivity contribution >= 4 is 17.1 Å². The van der Waals surface area contributed by atoms with Gasteiger partial charge in [-0.25, -0.2) is 15.0 Å². The summed E-state index contributed by atoms with van der Waals surface area (Å²) in [6.45, 7) is 0. The number of hydrogen-bond acceptors (Lipinski definition) is 4. The van der Waals surface area contributed by atoms with Crippen molar-refractivity contribution in [1.82, 2.24) is 15.0 Å². The SMILES string of the molecule is c1ccc(-c2cc(-c3ccccc3)cc(N(c3ccccc3)c3cccc4c3-c3ccc(-c5nc(-c6ccccc6)nc(-c6ccccc6)n5)cc3C4)c2)cc1. The molecular weight excluding hydrogens is 681 g/mol. The summed E-state index contributed by atoms with van der Waals surface area (Å²) in [6.07, 6.45) is 0.816. The lowest BCUT2D eigenvalue weighted by atomic mass is 9.96. The highest BCUT2D eigenvalue weighted by molar-refractivity contribution is 5.95. The van der Waals surface area contributed by atoms with Gasteiger partial charge in [-0.2, -0.15) is 0 Å². The van der Waals surface area contributed by atoms with E-state index < -0.39 is 0 Å². The molecule has 0 fully saturated rings. The zero-order valence-corrected chi connectivity index (χ0v) is 30.6. The Morgan fingerprint density at radius 2 is 0.804 bits per heavy atom. The molecular formula is C52H36N4. The van der Waals surface area contributed by atoms with E-state index in [1.807, 2.05) is 60.7 Å². The molecule has 0 amide bonds. The van der Waals surface area contributed by atoms with Crippen LogP contribution in [0.25, 0.3) is 67.5 Å². The zero-order valence-electron chi connectivity index (χ0n) is 30.6. The van der Waals surface area contributed by atoms with Crippen LogP contribution in [-0.4, -0.2) is 15.0 Å². The first kappa shape index (κ1) is 33.2. The molecule has 56 heavy (non-hydrogen) atoms. The topological polar surface area (TPSA) is 41.9 Å². The number of anilines is 3. The van der Waals surface area contributed by atoms with Crippen molar-refractivity contribution in [2.75, 3.05) is 4.90 Å². The molecule has 1 aliphatic rings. The summed E-state index contributed by atoms with van der Waals surface area (Å²) >= 11 is 0. The van der Waals surface area contributed by atoms with Crippen LogP contribution in [0.15, 0.2) is 206 Å². The molecule has 8 aromatic carbocycles. The first-order chi connectivity index (χ1) is 27.7. The molecule has 264 valence electrons. The third kappa shape index (κ3) is 6.33. The Hall–Kier alpha value is -7.43. The van der Waals surface area contributed by atoms with Crippen molar-refractivity contribution in [3.63, 3.8) is 0 Å². The molecule has 0 atom stereocenters. The maximum absolute atomic E-state index is 5.04. The van der Waals surface area contributed by atoms with Gasteiger partial charge in [-0.05, 0) is 87.8 Å². The number of hydrogen-bond donors (Lipinski definition) is 0. The second-order valence-electron chi connectivity index (χ2n) is 14.1. The average Bonchev–Trinajstić information content (AvgIpc) is 3.67. The third-order valence-corrected chi connectivity index (χ3v) is 10.5. The van der Waals surface area contributed by atoms with Crippen LogP contribution in [0, 0.1) is 0 Å². The van der Waals surface area contributed by atoms with E-state index in [0.29, 0.717) is 17.5 Å². The first-order valence-electron chi connectivity index (χ1n) is 19.0. The smallest absolute Gasteiger partial charge is 0.164 e.